The Labute approximate surface area is 101 Å². The molecule has 0 N–H and O–H groups in total. The Morgan fingerprint density at radius 1 is 1.47 bits per heavy atom. The van der Waals surface area contributed by atoms with E-state index in [0.29, 0.717) is 12.0 Å². The molecule has 17 heavy (non-hydrogen) atoms. The molecule has 1 aromatic rings. The van der Waals surface area contributed by atoms with Gasteiger partial charge in [-0.3, -0.25) is 0 Å². The van der Waals surface area contributed by atoms with Gasteiger partial charge >= 0.3 is 5.82 Å². The maximum Gasteiger partial charge on any atom is 0.348 e. The topological polar surface area (TPSA) is 37.5 Å². The van der Waals surface area contributed by atoms with Gasteiger partial charge in [-0.2, -0.15) is 0 Å². The summed E-state index contributed by atoms with van der Waals surface area (Å²) in [5.41, 5.74) is 1.26. The van der Waals surface area contributed by atoms with Gasteiger partial charge in [-0.1, -0.05) is 13.8 Å². The van der Waals surface area contributed by atoms with Crippen LogP contribution in [0.25, 0.3) is 0 Å². The van der Waals surface area contributed by atoms with Gasteiger partial charge in [0.05, 0.1) is 18.8 Å². The van der Waals surface area contributed by atoms with Crippen molar-refractivity contribution in [2.75, 3.05) is 13.2 Å². The predicted octanol–water partition coefficient (Wildman–Crippen LogP) is 2.68. The third-order valence-electron chi connectivity index (χ3n) is 3.48. The van der Waals surface area contributed by atoms with Crippen molar-refractivity contribution in [1.29, 1.82) is 0 Å². The number of aromatic nitrogens is 1. The van der Waals surface area contributed by atoms with Gasteiger partial charge in [0.15, 0.2) is 0 Å². The molecular weight excluding hydrogens is 214 g/mol. The third-order valence-corrected chi connectivity index (χ3v) is 3.48. The molecule has 2 aliphatic heterocycles. The van der Waals surface area contributed by atoms with Crippen molar-refractivity contribution in [2.24, 2.45) is 11.0 Å². The summed E-state index contributed by atoms with van der Waals surface area (Å²) in [5.74, 6) is 1.53. The Balaban J connectivity index is 2.01. The van der Waals surface area contributed by atoms with E-state index in [1.165, 1.54) is 5.56 Å². The minimum atomic E-state index is 0.249. The van der Waals surface area contributed by atoms with Crippen LogP contribution in [0, 0.1) is 5.92 Å². The van der Waals surface area contributed by atoms with Crippen LogP contribution in [0.15, 0.2) is 23.4 Å². The van der Waals surface area contributed by atoms with Crippen molar-refractivity contribution in [1.82, 2.24) is 4.98 Å². The Kier molecular flexibility index (Phi) is 2.67. The summed E-state index contributed by atoms with van der Waals surface area (Å²) in [6, 6.07) is 4.76. The van der Waals surface area contributed by atoms with Gasteiger partial charge < -0.3 is 4.74 Å². The minimum absolute atomic E-state index is 0.249. The zero-order valence-electron chi connectivity index (χ0n) is 10.3. The lowest BCUT2D eigenvalue weighted by atomic mass is 9.98. The molecular formula is C13H18N3O+. The monoisotopic (exact) mass is 232 g/mol. The SMILES string of the molecule is CC(C)C1N=[N+](C2CCOC2)c2ncccc21. The van der Waals surface area contributed by atoms with Crippen LogP contribution in [0.3, 0.4) is 0 Å². The number of rotatable bonds is 2. The zero-order chi connectivity index (χ0) is 11.8. The molecule has 4 heteroatoms. The van der Waals surface area contributed by atoms with Crippen molar-refractivity contribution in [2.45, 2.75) is 32.4 Å². The van der Waals surface area contributed by atoms with Crippen LogP contribution in [0.5, 0.6) is 0 Å². The lowest BCUT2D eigenvalue weighted by Crippen LogP contribution is -2.20. The van der Waals surface area contributed by atoms with E-state index in [4.69, 9.17) is 9.85 Å². The molecule has 2 aliphatic rings. The van der Waals surface area contributed by atoms with E-state index in [1.54, 1.807) is 0 Å². The highest BCUT2D eigenvalue weighted by Gasteiger charge is 2.39. The zero-order valence-corrected chi connectivity index (χ0v) is 10.3. The summed E-state index contributed by atoms with van der Waals surface area (Å²) in [6.07, 6.45) is 2.89. The summed E-state index contributed by atoms with van der Waals surface area (Å²) >= 11 is 0. The van der Waals surface area contributed by atoms with Crippen molar-refractivity contribution in [3.8, 4) is 0 Å². The lowest BCUT2D eigenvalue weighted by molar-refractivity contribution is -0.550. The molecule has 0 aliphatic carbocycles. The number of pyridine rings is 1. The summed E-state index contributed by atoms with van der Waals surface area (Å²) < 4.78 is 7.54. The average molecular weight is 232 g/mol. The fourth-order valence-corrected chi connectivity index (χ4v) is 2.56. The van der Waals surface area contributed by atoms with Gasteiger partial charge in [0.25, 0.3) is 0 Å². The fourth-order valence-electron chi connectivity index (χ4n) is 2.56. The van der Waals surface area contributed by atoms with Gasteiger partial charge in [0.2, 0.25) is 0 Å². The molecule has 90 valence electrons. The Bertz CT molecular complexity index is 450. The largest absolute Gasteiger partial charge is 0.377 e. The normalized spacial score (nSPS) is 27.4. The van der Waals surface area contributed by atoms with Crippen molar-refractivity contribution in [3.05, 3.63) is 23.9 Å². The first kappa shape index (κ1) is 10.8. The van der Waals surface area contributed by atoms with Crippen LogP contribution in [-0.2, 0) is 4.74 Å². The molecule has 1 aromatic heterocycles. The molecule has 0 amide bonds. The van der Waals surface area contributed by atoms with E-state index in [9.17, 15) is 0 Å². The molecule has 3 rings (SSSR count). The Morgan fingerprint density at radius 2 is 2.35 bits per heavy atom. The molecule has 0 saturated carbocycles. The molecule has 2 unspecified atom stereocenters. The highest BCUT2D eigenvalue weighted by molar-refractivity contribution is 5.36. The molecule has 2 atom stereocenters. The maximum absolute atomic E-state index is 5.45. The molecule has 0 radical (unpaired) electrons. The number of nitrogens with zero attached hydrogens (tertiary/aromatic N) is 3. The van der Waals surface area contributed by atoms with Crippen LogP contribution in [0.1, 0.15) is 31.9 Å². The number of fused-ring (bicyclic) bond motifs is 1. The number of ether oxygens (including phenoxy) is 1. The molecule has 0 aromatic carbocycles. The van der Waals surface area contributed by atoms with Gasteiger partial charge in [0, 0.05) is 6.42 Å². The average Bonchev–Trinajstić information content (AvgIpc) is 2.95. The molecule has 1 fully saturated rings. The van der Waals surface area contributed by atoms with E-state index >= 15 is 0 Å². The number of hydrogen-bond acceptors (Lipinski definition) is 3. The summed E-state index contributed by atoms with van der Waals surface area (Å²) in [7, 11) is 0. The summed E-state index contributed by atoms with van der Waals surface area (Å²) in [4.78, 5) is 4.49. The van der Waals surface area contributed by atoms with E-state index in [1.807, 2.05) is 12.3 Å². The number of hydrogen-bond donors (Lipinski definition) is 0. The second-order valence-electron chi connectivity index (χ2n) is 5.08. The summed E-state index contributed by atoms with van der Waals surface area (Å²) in [5, 5.41) is 4.83. The quantitative estimate of drug-likeness (QED) is 0.735. The van der Waals surface area contributed by atoms with Crippen molar-refractivity contribution >= 4 is 5.82 Å². The summed E-state index contributed by atoms with van der Waals surface area (Å²) in [6.45, 7) is 6.02. The predicted molar refractivity (Wildman–Crippen MR) is 63.4 cm³/mol. The smallest absolute Gasteiger partial charge is 0.348 e. The van der Waals surface area contributed by atoms with Crippen molar-refractivity contribution < 1.29 is 9.43 Å². The highest BCUT2D eigenvalue weighted by atomic mass is 16.5. The fraction of sp³-hybridized carbons (Fsp3) is 0.615. The highest BCUT2D eigenvalue weighted by Crippen LogP contribution is 2.39. The standard InChI is InChI=1S/C13H18N3O/c1-9(2)12-11-4-3-6-14-13(11)16(15-12)10-5-7-17-8-10/h3-4,6,9-10,12H,5,7-8H2,1-2H3/q+1. The Hall–Kier alpha value is -1.29. The van der Waals surface area contributed by atoms with E-state index in [-0.39, 0.29) is 6.04 Å². The van der Waals surface area contributed by atoms with E-state index in [0.717, 1.165) is 25.5 Å². The first-order chi connectivity index (χ1) is 8.27. The second kappa shape index (κ2) is 4.18. The van der Waals surface area contributed by atoms with Gasteiger partial charge in [-0.15, -0.1) is 9.81 Å². The molecule has 0 spiro atoms. The molecule has 1 saturated heterocycles. The van der Waals surface area contributed by atoms with Crippen molar-refractivity contribution in [3.63, 3.8) is 0 Å². The minimum Gasteiger partial charge on any atom is -0.377 e. The van der Waals surface area contributed by atoms with Crippen LogP contribution >= 0.6 is 0 Å². The first-order valence-corrected chi connectivity index (χ1v) is 6.30. The van der Waals surface area contributed by atoms with Gasteiger partial charge in [-0.05, 0) is 23.0 Å². The van der Waals surface area contributed by atoms with E-state index in [2.05, 4.69) is 29.6 Å². The maximum atomic E-state index is 5.45. The first-order valence-electron chi connectivity index (χ1n) is 6.30. The molecule has 3 heterocycles. The second-order valence-corrected chi connectivity index (χ2v) is 5.08. The van der Waals surface area contributed by atoms with Crippen LogP contribution < -0.4 is 0 Å². The molecule has 0 bridgehead atoms. The lowest BCUT2D eigenvalue weighted by Gasteiger charge is -2.07. The van der Waals surface area contributed by atoms with Crippen LogP contribution in [-0.4, -0.2) is 28.9 Å². The van der Waals surface area contributed by atoms with Gasteiger partial charge in [0.1, 0.15) is 18.3 Å². The molecule has 4 nitrogen and oxygen atoms in total. The van der Waals surface area contributed by atoms with Gasteiger partial charge in [-0.25, -0.2) is 0 Å². The van der Waals surface area contributed by atoms with E-state index < -0.39 is 0 Å². The number of azo groups is 2. The Morgan fingerprint density at radius 3 is 3.06 bits per heavy atom. The van der Waals surface area contributed by atoms with Crippen LogP contribution in [0.2, 0.25) is 0 Å². The van der Waals surface area contributed by atoms with Crippen LogP contribution in [0.4, 0.5) is 5.82 Å². The third kappa shape index (κ3) is 1.76.